The molecule has 1 aliphatic heterocycles. The molecular formula is C26H26S2Si2. The van der Waals surface area contributed by atoms with Crippen LogP contribution < -0.4 is 25.2 Å². The molecule has 0 radical (unpaired) electrons. The fourth-order valence-corrected chi connectivity index (χ4v) is 15.4. The minimum absolute atomic E-state index is 1.18. The van der Waals surface area contributed by atoms with Gasteiger partial charge in [-0.1, -0.05) is 93.0 Å². The van der Waals surface area contributed by atoms with Gasteiger partial charge in [-0.25, -0.2) is 0 Å². The zero-order chi connectivity index (χ0) is 21.1. The first-order valence-corrected chi connectivity index (χ1v) is 17.5. The fraction of sp³-hybridized carbons (Fsp3) is 0.154. The van der Waals surface area contributed by atoms with Gasteiger partial charge in [0.05, 0.1) is 8.07 Å². The Morgan fingerprint density at radius 1 is 0.800 bits per heavy atom. The molecule has 150 valence electrons. The van der Waals surface area contributed by atoms with Gasteiger partial charge in [0, 0.05) is 14.6 Å². The number of aryl methyl sites for hydroxylation is 1. The van der Waals surface area contributed by atoms with Crippen LogP contribution >= 0.6 is 22.7 Å². The average molecular weight is 459 g/mol. The van der Waals surface area contributed by atoms with Crippen molar-refractivity contribution >= 4 is 70.1 Å². The van der Waals surface area contributed by atoms with Crippen molar-refractivity contribution in [1.82, 2.24) is 0 Å². The van der Waals surface area contributed by atoms with E-state index in [1.54, 1.807) is 19.8 Å². The first-order chi connectivity index (χ1) is 14.4. The summed E-state index contributed by atoms with van der Waals surface area (Å²) in [4.78, 5) is 4.49. The Labute approximate surface area is 189 Å². The minimum Gasteiger partial charge on any atom is -0.144 e. The van der Waals surface area contributed by atoms with Crippen LogP contribution in [0.4, 0.5) is 0 Å². The fourth-order valence-electron chi connectivity index (χ4n) is 4.66. The Morgan fingerprint density at radius 3 is 2.03 bits per heavy atom. The average Bonchev–Trinajstić information content (AvgIpc) is 3.39. The Bertz CT molecular complexity index is 1240. The van der Waals surface area contributed by atoms with E-state index in [-0.39, 0.29) is 0 Å². The molecule has 4 aromatic rings. The second-order valence-electron chi connectivity index (χ2n) is 9.15. The third-order valence-electron chi connectivity index (χ3n) is 6.13. The molecule has 1 unspecified atom stereocenters. The van der Waals surface area contributed by atoms with Gasteiger partial charge in [-0.15, -0.1) is 22.7 Å². The normalized spacial score (nSPS) is 17.6. The van der Waals surface area contributed by atoms with Crippen molar-refractivity contribution in [2.75, 3.05) is 0 Å². The van der Waals surface area contributed by atoms with Gasteiger partial charge in [-0.3, -0.25) is 0 Å². The van der Waals surface area contributed by atoms with Crippen molar-refractivity contribution in [2.24, 2.45) is 0 Å². The molecule has 4 heteroatoms. The molecule has 3 heterocycles. The lowest BCUT2D eigenvalue weighted by Crippen LogP contribution is -2.72. The SMILES string of the molecule is C=Cc1ccc([Si]2(c3ccccc3)c3cc(C)sc3-c3sc([Si](C)(C)C)cc32)cc1. The van der Waals surface area contributed by atoms with E-state index in [0.717, 1.165) is 0 Å². The van der Waals surface area contributed by atoms with E-state index in [0.29, 0.717) is 0 Å². The predicted molar refractivity (Wildman–Crippen MR) is 143 cm³/mol. The van der Waals surface area contributed by atoms with Crippen LogP contribution in [0.2, 0.25) is 19.6 Å². The van der Waals surface area contributed by atoms with Crippen molar-refractivity contribution in [2.45, 2.75) is 26.6 Å². The lowest BCUT2D eigenvalue weighted by atomic mass is 10.2. The Morgan fingerprint density at radius 2 is 1.40 bits per heavy atom. The van der Waals surface area contributed by atoms with Crippen molar-refractivity contribution in [3.63, 3.8) is 0 Å². The van der Waals surface area contributed by atoms with Crippen LogP contribution in [-0.4, -0.2) is 16.1 Å². The molecule has 1 atom stereocenters. The summed E-state index contributed by atoms with van der Waals surface area (Å²) in [5.74, 6) is 0. The van der Waals surface area contributed by atoms with Gasteiger partial charge >= 0.3 is 0 Å². The number of fused-ring (bicyclic) bond motifs is 3. The maximum Gasteiger partial charge on any atom is 0.182 e. The molecule has 2 aromatic heterocycles. The van der Waals surface area contributed by atoms with Crippen LogP contribution in [0.15, 0.2) is 73.3 Å². The second kappa shape index (κ2) is 7.02. The van der Waals surface area contributed by atoms with E-state index in [9.17, 15) is 0 Å². The number of benzene rings is 2. The van der Waals surface area contributed by atoms with Crippen LogP contribution in [-0.2, 0) is 0 Å². The summed E-state index contributed by atoms with van der Waals surface area (Å²) in [6, 6.07) is 25.6. The van der Waals surface area contributed by atoms with Gasteiger partial charge < -0.3 is 0 Å². The van der Waals surface area contributed by atoms with Gasteiger partial charge in [0.2, 0.25) is 0 Å². The van der Waals surface area contributed by atoms with E-state index in [4.69, 9.17) is 0 Å². The quantitative estimate of drug-likeness (QED) is 0.344. The third kappa shape index (κ3) is 2.82. The maximum absolute atomic E-state index is 3.96. The smallest absolute Gasteiger partial charge is 0.144 e. The highest BCUT2D eigenvalue weighted by molar-refractivity contribution is 7.38. The summed E-state index contributed by atoms with van der Waals surface area (Å²) in [7, 11) is -3.68. The molecule has 5 rings (SSSR count). The molecule has 2 aromatic carbocycles. The van der Waals surface area contributed by atoms with E-state index >= 15 is 0 Å². The third-order valence-corrected chi connectivity index (χ3v) is 17.2. The van der Waals surface area contributed by atoms with Gasteiger partial charge in [-0.2, -0.15) is 0 Å². The van der Waals surface area contributed by atoms with Gasteiger partial charge in [0.25, 0.3) is 0 Å². The summed E-state index contributed by atoms with van der Waals surface area (Å²) < 4.78 is 1.62. The summed E-state index contributed by atoms with van der Waals surface area (Å²) >= 11 is 4.06. The molecule has 0 amide bonds. The van der Waals surface area contributed by atoms with Crippen molar-refractivity contribution < 1.29 is 0 Å². The molecule has 30 heavy (non-hydrogen) atoms. The first-order valence-electron chi connectivity index (χ1n) is 10.4. The molecule has 1 aliphatic rings. The highest BCUT2D eigenvalue weighted by atomic mass is 32.1. The van der Waals surface area contributed by atoms with Crippen molar-refractivity contribution in [3.8, 4) is 9.75 Å². The molecule has 0 aliphatic carbocycles. The van der Waals surface area contributed by atoms with E-state index in [1.807, 2.05) is 17.4 Å². The van der Waals surface area contributed by atoms with Crippen molar-refractivity contribution in [3.05, 3.63) is 83.7 Å². The van der Waals surface area contributed by atoms with Gasteiger partial charge in [-0.05, 0) is 43.8 Å². The number of rotatable bonds is 4. The van der Waals surface area contributed by atoms with Gasteiger partial charge in [0.1, 0.15) is 0 Å². The molecule has 0 bridgehead atoms. The molecule has 0 spiro atoms. The van der Waals surface area contributed by atoms with Crippen LogP contribution in [0.1, 0.15) is 10.4 Å². The zero-order valence-electron chi connectivity index (χ0n) is 18.0. The summed E-state index contributed by atoms with van der Waals surface area (Å²) in [5, 5.41) is 6.18. The number of thiophene rings is 2. The molecular weight excluding hydrogens is 433 g/mol. The zero-order valence-corrected chi connectivity index (χ0v) is 21.6. The second-order valence-corrected chi connectivity index (χ2v) is 20.6. The molecule has 0 fully saturated rings. The van der Waals surface area contributed by atoms with Crippen LogP contribution in [0, 0.1) is 6.92 Å². The maximum atomic E-state index is 3.96. The lowest BCUT2D eigenvalue weighted by molar-refractivity contribution is 1.64. The molecule has 0 saturated heterocycles. The summed E-state index contributed by atoms with van der Waals surface area (Å²) in [5.41, 5.74) is 1.18. The van der Waals surface area contributed by atoms with Crippen molar-refractivity contribution in [1.29, 1.82) is 0 Å². The number of hydrogen-bond donors (Lipinski definition) is 0. The highest BCUT2D eigenvalue weighted by Crippen LogP contribution is 2.37. The van der Waals surface area contributed by atoms with E-state index < -0.39 is 16.1 Å². The summed E-state index contributed by atoms with van der Waals surface area (Å²) in [6.45, 7) is 13.6. The Balaban J connectivity index is 1.91. The minimum atomic E-state index is -2.29. The molecule has 0 nitrogen and oxygen atoms in total. The number of hydrogen-bond acceptors (Lipinski definition) is 2. The van der Waals surface area contributed by atoms with E-state index in [1.165, 1.54) is 25.7 Å². The van der Waals surface area contributed by atoms with Crippen LogP contribution in [0.5, 0.6) is 0 Å². The molecule has 0 saturated carbocycles. The largest absolute Gasteiger partial charge is 0.182 e. The first kappa shape index (κ1) is 19.9. The Hall–Kier alpha value is -1.99. The topological polar surface area (TPSA) is 0 Å². The lowest BCUT2D eigenvalue weighted by Gasteiger charge is -2.30. The molecule has 0 N–H and O–H groups in total. The monoisotopic (exact) mass is 458 g/mol. The summed E-state index contributed by atoms with van der Waals surface area (Å²) in [6.07, 6.45) is 1.94. The standard InChI is InChI=1S/C26H26S2Si2/c1-6-19-12-14-21(15-13-19)30(20-10-8-7-9-11-20)22-16-18(2)27-25(22)26-23(30)17-24(28-26)29(3,4)5/h6-17H,1H2,2-5H3. The highest BCUT2D eigenvalue weighted by Gasteiger charge is 2.51. The predicted octanol–water partition coefficient (Wildman–Crippen LogP) is 4.66. The Kier molecular flexibility index (Phi) is 4.67. The van der Waals surface area contributed by atoms with E-state index in [2.05, 4.69) is 111 Å². The van der Waals surface area contributed by atoms with Gasteiger partial charge in [0.15, 0.2) is 8.07 Å². The van der Waals surface area contributed by atoms with Crippen LogP contribution in [0.3, 0.4) is 0 Å². The van der Waals surface area contributed by atoms with Crippen LogP contribution in [0.25, 0.3) is 15.8 Å².